The first kappa shape index (κ1) is 8.20. The van der Waals surface area contributed by atoms with Crippen LogP contribution in [0.4, 0.5) is 10.1 Å². The van der Waals surface area contributed by atoms with Gasteiger partial charge in [-0.1, -0.05) is 15.9 Å². The highest BCUT2D eigenvalue weighted by atomic mass is 79.9. The minimum Gasteiger partial charge on any atom is -0.398 e. The molecule has 0 aliphatic carbocycles. The lowest BCUT2D eigenvalue weighted by Crippen LogP contribution is -1.96. The normalized spacial score (nSPS) is 9.64. The summed E-state index contributed by atoms with van der Waals surface area (Å²) in [6, 6.07) is 2.83. The lowest BCUT2D eigenvalue weighted by Gasteiger charge is -2.00. The lowest BCUT2D eigenvalue weighted by atomic mass is 10.2. The molecule has 11 heavy (non-hydrogen) atoms. The molecule has 0 saturated heterocycles. The zero-order chi connectivity index (χ0) is 8.43. The molecule has 1 aromatic carbocycles. The average molecular weight is 217 g/mol. The largest absolute Gasteiger partial charge is 0.398 e. The van der Waals surface area contributed by atoms with Crippen LogP contribution in [0.15, 0.2) is 16.6 Å². The predicted molar refractivity (Wildman–Crippen MR) is 46.4 cm³/mol. The third-order valence-corrected chi connectivity index (χ3v) is 1.73. The van der Waals surface area contributed by atoms with Gasteiger partial charge in [0, 0.05) is 16.4 Å². The molecule has 0 fully saturated rings. The van der Waals surface area contributed by atoms with E-state index in [1.807, 2.05) is 0 Å². The summed E-state index contributed by atoms with van der Waals surface area (Å²) in [7, 11) is 0. The minimum absolute atomic E-state index is 0.133. The molecular formula is C7H6BrFN2. The molecule has 3 N–H and O–H groups in total. The van der Waals surface area contributed by atoms with Gasteiger partial charge in [-0.15, -0.1) is 0 Å². The fourth-order valence-electron chi connectivity index (χ4n) is 0.757. The summed E-state index contributed by atoms with van der Waals surface area (Å²) in [5.74, 6) is -0.480. The summed E-state index contributed by atoms with van der Waals surface area (Å²) < 4.78 is 13.4. The molecule has 1 rings (SSSR count). The molecule has 0 saturated carbocycles. The quantitative estimate of drug-likeness (QED) is 0.549. The Morgan fingerprint density at radius 1 is 1.55 bits per heavy atom. The van der Waals surface area contributed by atoms with E-state index in [2.05, 4.69) is 15.9 Å². The topological polar surface area (TPSA) is 49.9 Å². The van der Waals surface area contributed by atoms with Gasteiger partial charge in [0.15, 0.2) is 0 Å². The van der Waals surface area contributed by atoms with E-state index in [1.165, 1.54) is 6.07 Å². The Kier molecular flexibility index (Phi) is 2.24. The second-order valence-electron chi connectivity index (χ2n) is 2.03. The Bertz CT molecular complexity index is 275. The predicted octanol–water partition coefficient (Wildman–Crippen LogP) is 2.17. The van der Waals surface area contributed by atoms with E-state index in [9.17, 15) is 4.39 Å². The fraction of sp³-hybridized carbons (Fsp3) is 0. The minimum atomic E-state index is -0.480. The van der Waals surface area contributed by atoms with Crippen LogP contribution in [-0.4, -0.2) is 6.21 Å². The summed E-state index contributed by atoms with van der Waals surface area (Å²) >= 11 is 3.08. The number of nitrogen functional groups attached to an aromatic ring is 1. The maximum atomic E-state index is 12.9. The SMILES string of the molecule is N=Cc1c(N)cc(Br)cc1F. The standard InChI is InChI=1S/C7H6BrFN2/c8-4-1-6(9)5(3-10)7(11)2-4/h1-3,10H,11H2. The van der Waals surface area contributed by atoms with Crippen LogP contribution in [-0.2, 0) is 0 Å². The summed E-state index contributed by atoms with van der Waals surface area (Å²) in [5, 5.41) is 6.84. The van der Waals surface area contributed by atoms with Crippen molar-refractivity contribution < 1.29 is 4.39 Å². The van der Waals surface area contributed by atoms with E-state index in [4.69, 9.17) is 11.1 Å². The molecule has 0 heterocycles. The van der Waals surface area contributed by atoms with Crippen LogP contribution in [0.5, 0.6) is 0 Å². The maximum absolute atomic E-state index is 12.9. The summed E-state index contributed by atoms with van der Waals surface area (Å²) in [5.41, 5.74) is 5.81. The number of benzene rings is 1. The average Bonchev–Trinajstić information content (AvgIpc) is 1.85. The van der Waals surface area contributed by atoms with Crippen LogP contribution in [0.1, 0.15) is 5.56 Å². The second kappa shape index (κ2) is 3.00. The molecule has 0 aliphatic rings. The van der Waals surface area contributed by atoms with Crippen molar-refractivity contribution in [3.63, 3.8) is 0 Å². The van der Waals surface area contributed by atoms with Crippen molar-refractivity contribution in [2.24, 2.45) is 0 Å². The molecule has 0 spiro atoms. The van der Waals surface area contributed by atoms with E-state index >= 15 is 0 Å². The number of anilines is 1. The number of halogens is 2. The highest BCUT2D eigenvalue weighted by molar-refractivity contribution is 9.10. The van der Waals surface area contributed by atoms with Gasteiger partial charge in [0.1, 0.15) is 5.82 Å². The first-order valence-electron chi connectivity index (χ1n) is 2.90. The maximum Gasteiger partial charge on any atom is 0.135 e. The molecule has 1 aromatic rings. The molecule has 0 unspecified atom stereocenters. The van der Waals surface area contributed by atoms with Crippen molar-refractivity contribution in [3.8, 4) is 0 Å². The van der Waals surface area contributed by atoms with Crippen LogP contribution in [0.3, 0.4) is 0 Å². The molecule has 0 aromatic heterocycles. The molecule has 0 amide bonds. The molecular weight excluding hydrogens is 211 g/mol. The van der Waals surface area contributed by atoms with Gasteiger partial charge in [-0.3, -0.25) is 0 Å². The Morgan fingerprint density at radius 3 is 2.64 bits per heavy atom. The van der Waals surface area contributed by atoms with Gasteiger partial charge in [0.25, 0.3) is 0 Å². The van der Waals surface area contributed by atoms with E-state index < -0.39 is 5.82 Å². The number of hydrogen-bond acceptors (Lipinski definition) is 2. The highest BCUT2D eigenvalue weighted by Gasteiger charge is 2.04. The van der Waals surface area contributed by atoms with Gasteiger partial charge < -0.3 is 11.1 Å². The summed E-state index contributed by atoms with van der Waals surface area (Å²) in [4.78, 5) is 0. The molecule has 0 bridgehead atoms. The molecule has 4 heteroatoms. The monoisotopic (exact) mass is 216 g/mol. The van der Waals surface area contributed by atoms with Crippen molar-refractivity contribution in [2.75, 3.05) is 5.73 Å². The fourth-order valence-corrected chi connectivity index (χ4v) is 1.20. The Morgan fingerprint density at radius 2 is 2.18 bits per heavy atom. The van der Waals surface area contributed by atoms with Crippen LogP contribution in [0, 0.1) is 11.2 Å². The summed E-state index contributed by atoms with van der Waals surface area (Å²) in [6.07, 6.45) is 0.900. The molecule has 2 nitrogen and oxygen atoms in total. The Hall–Kier alpha value is -0.900. The highest BCUT2D eigenvalue weighted by Crippen LogP contribution is 2.20. The van der Waals surface area contributed by atoms with E-state index in [0.29, 0.717) is 4.47 Å². The number of hydrogen-bond donors (Lipinski definition) is 2. The van der Waals surface area contributed by atoms with Gasteiger partial charge in [-0.25, -0.2) is 4.39 Å². The molecule has 0 atom stereocenters. The summed E-state index contributed by atoms with van der Waals surface area (Å²) in [6.45, 7) is 0. The van der Waals surface area contributed by atoms with Crippen molar-refractivity contribution >= 4 is 27.8 Å². The first-order valence-corrected chi connectivity index (χ1v) is 3.69. The zero-order valence-electron chi connectivity index (χ0n) is 5.57. The van der Waals surface area contributed by atoms with Gasteiger partial charge in [0.05, 0.1) is 5.56 Å². The second-order valence-corrected chi connectivity index (χ2v) is 2.95. The van der Waals surface area contributed by atoms with Crippen molar-refractivity contribution in [2.45, 2.75) is 0 Å². The third kappa shape index (κ3) is 1.57. The van der Waals surface area contributed by atoms with Crippen LogP contribution in [0.2, 0.25) is 0 Å². The van der Waals surface area contributed by atoms with Gasteiger partial charge in [-0.05, 0) is 12.1 Å². The molecule has 58 valence electrons. The van der Waals surface area contributed by atoms with Crippen molar-refractivity contribution in [3.05, 3.63) is 28.0 Å². The molecule has 0 aliphatic heterocycles. The zero-order valence-corrected chi connectivity index (χ0v) is 7.15. The van der Waals surface area contributed by atoms with E-state index in [1.54, 1.807) is 6.07 Å². The number of rotatable bonds is 1. The number of nitrogens with two attached hydrogens (primary N) is 1. The van der Waals surface area contributed by atoms with Gasteiger partial charge in [0.2, 0.25) is 0 Å². The van der Waals surface area contributed by atoms with Crippen LogP contribution >= 0.6 is 15.9 Å². The van der Waals surface area contributed by atoms with Gasteiger partial charge >= 0.3 is 0 Å². The Balaban J connectivity index is 3.36. The van der Waals surface area contributed by atoms with Crippen molar-refractivity contribution in [1.29, 1.82) is 5.41 Å². The van der Waals surface area contributed by atoms with Crippen LogP contribution < -0.4 is 5.73 Å². The molecule has 0 radical (unpaired) electrons. The third-order valence-electron chi connectivity index (χ3n) is 1.27. The van der Waals surface area contributed by atoms with Gasteiger partial charge in [-0.2, -0.15) is 0 Å². The van der Waals surface area contributed by atoms with Crippen LogP contribution in [0.25, 0.3) is 0 Å². The van der Waals surface area contributed by atoms with Crippen molar-refractivity contribution in [1.82, 2.24) is 0 Å². The lowest BCUT2D eigenvalue weighted by molar-refractivity contribution is 0.625. The number of nitrogens with one attached hydrogen (secondary N) is 1. The first-order chi connectivity index (χ1) is 5.15. The Labute approximate surface area is 71.9 Å². The van der Waals surface area contributed by atoms with E-state index in [-0.39, 0.29) is 11.3 Å². The smallest absolute Gasteiger partial charge is 0.135 e. The van der Waals surface area contributed by atoms with E-state index in [0.717, 1.165) is 6.21 Å².